The number of hydrogen-bond acceptors (Lipinski definition) is 6. The Morgan fingerprint density at radius 3 is 2.71 bits per heavy atom. The Labute approximate surface area is 183 Å². The summed E-state index contributed by atoms with van der Waals surface area (Å²) in [4.78, 5) is 38.7. The highest BCUT2D eigenvalue weighted by Crippen LogP contribution is 2.23. The molecule has 1 aliphatic heterocycles. The predicted molar refractivity (Wildman–Crippen MR) is 119 cm³/mol. The van der Waals surface area contributed by atoms with Crippen LogP contribution in [0.1, 0.15) is 57.8 Å². The highest BCUT2D eigenvalue weighted by atomic mass is 32.1. The van der Waals surface area contributed by atoms with Gasteiger partial charge in [0.15, 0.2) is 0 Å². The van der Waals surface area contributed by atoms with Gasteiger partial charge in [-0.25, -0.2) is 0 Å². The SMILES string of the molecule is CC[C@H](C)n1c(=O)c2sccc2n2c(CCCC(=O)N3CCC(C(N)=O)CC3)nnc12. The van der Waals surface area contributed by atoms with E-state index in [2.05, 4.69) is 10.2 Å². The fourth-order valence-corrected chi connectivity index (χ4v) is 5.07. The van der Waals surface area contributed by atoms with Gasteiger partial charge in [0, 0.05) is 37.9 Å². The molecule has 1 fully saturated rings. The molecule has 0 bridgehead atoms. The minimum Gasteiger partial charge on any atom is -0.369 e. The normalized spacial score (nSPS) is 16.3. The first-order valence-corrected chi connectivity index (χ1v) is 11.7. The number of hydrogen-bond donors (Lipinski definition) is 1. The van der Waals surface area contributed by atoms with Crippen LogP contribution in [0.15, 0.2) is 16.2 Å². The Morgan fingerprint density at radius 2 is 2.03 bits per heavy atom. The fraction of sp³-hybridized carbons (Fsp3) is 0.571. The third-order valence-electron chi connectivity index (χ3n) is 6.30. The van der Waals surface area contributed by atoms with Gasteiger partial charge in [0.1, 0.15) is 10.5 Å². The molecular formula is C21H28N6O3S. The zero-order valence-electron chi connectivity index (χ0n) is 17.9. The maximum atomic E-state index is 13.0. The Hall–Kier alpha value is -2.75. The molecule has 9 nitrogen and oxygen atoms in total. The lowest BCUT2D eigenvalue weighted by Gasteiger charge is -2.30. The van der Waals surface area contributed by atoms with E-state index in [0.717, 1.165) is 17.8 Å². The van der Waals surface area contributed by atoms with Gasteiger partial charge in [-0.05, 0) is 44.1 Å². The maximum absolute atomic E-state index is 13.0. The molecule has 0 spiro atoms. The van der Waals surface area contributed by atoms with Crippen molar-refractivity contribution < 1.29 is 9.59 Å². The van der Waals surface area contributed by atoms with E-state index in [-0.39, 0.29) is 29.3 Å². The summed E-state index contributed by atoms with van der Waals surface area (Å²) in [5.41, 5.74) is 6.17. The number of likely N-dealkylation sites (tertiary alicyclic amines) is 1. The summed E-state index contributed by atoms with van der Waals surface area (Å²) in [6.07, 6.45) is 3.74. The van der Waals surface area contributed by atoms with Crippen LogP contribution in [0.25, 0.3) is 16.0 Å². The van der Waals surface area contributed by atoms with Crippen molar-refractivity contribution in [2.24, 2.45) is 11.7 Å². The monoisotopic (exact) mass is 444 g/mol. The molecule has 3 aromatic heterocycles. The molecule has 0 unspecified atom stereocenters. The van der Waals surface area contributed by atoms with Gasteiger partial charge in [-0.1, -0.05) is 6.92 Å². The first-order valence-electron chi connectivity index (χ1n) is 10.8. The van der Waals surface area contributed by atoms with Crippen molar-refractivity contribution in [3.8, 4) is 0 Å². The number of carbonyl (C=O) groups is 2. The van der Waals surface area contributed by atoms with Gasteiger partial charge in [0.2, 0.25) is 17.6 Å². The fourth-order valence-electron chi connectivity index (χ4n) is 4.26. The molecule has 0 aromatic carbocycles. The van der Waals surface area contributed by atoms with Crippen molar-refractivity contribution in [1.82, 2.24) is 24.1 Å². The molecule has 0 aliphatic carbocycles. The van der Waals surface area contributed by atoms with E-state index in [1.807, 2.05) is 34.6 Å². The van der Waals surface area contributed by atoms with Crippen LogP contribution in [0.5, 0.6) is 0 Å². The van der Waals surface area contributed by atoms with E-state index >= 15 is 0 Å². The molecule has 4 rings (SSSR count). The first-order chi connectivity index (χ1) is 14.9. The molecule has 1 saturated heterocycles. The van der Waals surface area contributed by atoms with Crippen molar-refractivity contribution in [3.05, 3.63) is 27.6 Å². The van der Waals surface area contributed by atoms with Gasteiger partial charge in [0.05, 0.1) is 5.52 Å². The van der Waals surface area contributed by atoms with Gasteiger partial charge in [-0.2, -0.15) is 0 Å². The third kappa shape index (κ3) is 3.96. The number of carbonyl (C=O) groups excluding carboxylic acids is 2. The topological polar surface area (TPSA) is 116 Å². The molecule has 1 aliphatic rings. The average molecular weight is 445 g/mol. The summed E-state index contributed by atoms with van der Waals surface area (Å²) in [6, 6.07) is 1.94. The molecule has 1 atom stereocenters. The number of primary amides is 1. The average Bonchev–Trinajstić information content (AvgIpc) is 3.41. The second kappa shape index (κ2) is 8.78. The molecule has 2 N–H and O–H groups in total. The zero-order valence-corrected chi connectivity index (χ0v) is 18.7. The van der Waals surface area contributed by atoms with Crippen molar-refractivity contribution in [1.29, 1.82) is 0 Å². The molecule has 3 aromatic rings. The van der Waals surface area contributed by atoms with Crippen molar-refractivity contribution in [3.63, 3.8) is 0 Å². The molecule has 2 amide bonds. The summed E-state index contributed by atoms with van der Waals surface area (Å²) in [5.74, 6) is 1.01. The van der Waals surface area contributed by atoms with Gasteiger partial charge < -0.3 is 10.6 Å². The van der Waals surface area contributed by atoms with E-state index in [9.17, 15) is 14.4 Å². The summed E-state index contributed by atoms with van der Waals surface area (Å²) >= 11 is 1.43. The second-order valence-electron chi connectivity index (χ2n) is 8.23. The minimum absolute atomic E-state index is 0.0171. The van der Waals surface area contributed by atoms with Gasteiger partial charge in [0.25, 0.3) is 5.56 Å². The van der Waals surface area contributed by atoms with Crippen LogP contribution in [-0.4, -0.2) is 49.0 Å². The van der Waals surface area contributed by atoms with Crippen LogP contribution in [-0.2, 0) is 16.0 Å². The number of nitrogens with zero attached hydrogens (tertiary/aromatic N) is 5. The lowest BCUT2D eigenvalue weighted by atomic mass is 9.96. The highest BCUT2D eigenvalue weighted by Gasteiger charge is 2.26. The smallest absolute Gasteiger partial charge is 0.273 e. The number of piperidine rings is 1. The Kier molecular flexibility index (Phi) is 6.08. The number of nitrogens with two attached hydrogens (primary N) is 1. The van der Waals surface area contributed by atoms with Gasteiger partial charge in [-0.15, -0.1) is 21.5 Å². The molecule has 0 radical (unpaired) electrons. The quantitative estimate of drug-likeness (QED) is 0.599. The van der Waals surface area contributed by atoms with Crippen LogP contribution < -0.4 is 11.3 Å². The molecule has 166 valence electrons. The van der Waals surface area contributed by atoms with Crippen molar-refractivity contribution in [2.45, 2.75) is 58.4 Å². The minimum atomic E-state index is -0.276. The molecule has 10 heteroatoms. The highest BCUT2D eigenvalue weighted by molar-refractivity contribution is 7.17. The summed E-state index contributed by atoms with van der Waals surface area (Å²) in [5, 5.41) is 10.6. The van der Waals surface area contributed by atoms with E-state index in [1.165, 1.54) is 11.3 Å². The number of thiophene rings is 1. The van der Waals surface area contributed by atoms with Crippen molar-refractivity contribution in [2.75, 3.05) is 13.1 Å². The molecule has 0 saturated carbocycles. The number of aryl methyl sites for hydroxylation is 1. The maximum Gasteiger partial charge on any atom is 0.273 e. The Balaban J connectivity index is 1.50. The first kappa shape index (κ1) is 21.5. The number of aromatic nitrogens is 4. The van der Waals surface area contributed by atoms with Crippen LogP contribution in [0.4, 0.5) is 0 Å². The molecule has 4 heterocycles. The van der Waals surface area contributed by atoms with E-state index < -0.39 is 0 Å². The molecule has 31 heavy (non-hydrogen) atoms. The van der Waals surface area contributed by atoms with Crippen LogP contribution >= 0.6 is 11.3 Å². The van der Waals surface area contributed by atoms with E-state index in [4.69, 9.17) is 5.73 Å². The summed E-state index contributed by atoms with van der Waals surface area (Å²) in [7, 11) is 0. The van der Waals surface area contributed by atoms with Gasteiger partial charge >= 0.3 is 0 Å². The second-order valence-corrected chi connectivity index (χ2v) is 9.15. The van der Waals surface area contributed by atoms with E-state index in [1.54, 1.807) is 4.57 Å². The van der Waals surface area contributed by atoms with Crippen molar-refractivity contribution >= 4 is 39.1 Å². The Morgan fingerprint density at radius 1 is 1.29 bits per heavy atom. The Bertz CT molecular complexity index is 1170. The summed E-state index contributed by atoms with van der Waals surface area (Å²) < 4.78 is 4.38. The summed E-state index contributed by atoms with van der Waals surface area (Å²) in [6.45, 7) is 5.21. The van der Waals surface area contributed by atoms with E-state index in [0.29, 0.717) is 55.7 Å². The standard InChI is InChI=1S/C21H28N6O3S/c1-3-13(2)26-20(30)18-15(9-12-31-18)27-16(23-24-21(26)27)5-4-6-17(28)25-10-7-14(8-11-25)19(22)29/h9,12-14H,3-8,10-11H2,1-2H3,(H2,22,29)/t13-/m0/s1. The largest absolute Gasteiger partial charge is 0.369 e. The number of amides is 2. The predicted octanol–water partition coefficient (Wildman–Crippen LogP) is 2.12. The lowest BCUT2D eigenvalue weighted by Crippen LogP contribution is -2.41. The van der Waals surface area contributed by atoms with Gasteiger partial charge in [-0.3, -0.25) is 23.4 Å². The molecular weight excluding hydrogens is 416 g/mol. The number of rotatable bonds is 7. The number of fused-ring (bicyclic) bond motifs is 3. The van der Waals surface area contributed by atoms with Crippen LogP contribution in [0, 0.1) is 5.92 Å². The van der Waals surface area contributed by atoms with Crippen LogP contribution in [0.2, 0.25) is 0 Å². The lowest BCUT2D eigenvalue weighted by molar-refractivity contribution is -0.134. The van der Waals surface area contributed by atoms with Crippen LogP contribution in [0.3, 0.4) is 0 Å². The third-order valence-corrected chi connectivity index (χ3v) is 7.19. The zero-order chi connectivity index (χ0) is 22.1.